The molecule has 0 heterocycles. The molecule has 0 N–H and O–H groups in total. The molecule has 44 valence electrons. The van der Waals surface area contributed by atoms with Gasteiger partial charge in [-0.25, -0.2) is 0 Å². The van der Waals surface area contributed by atoms with Crippen molar-refractivity contribution in [3.63, 3.8) is 0 Å². The predicted octanol–water partition coefficient (Wildman–Crippen LogP) is 1.34. The Bertz CT molecular complexity index is 41.4. The van der Waals surface area contributed by atoms with E-state index in [-0.39, 0.29) is 23.9 Å². The third kappa shape index (κ3) is 11.2. The van der Waals surface area contributed by atoms with Gasteiger partial charge in [0, 0.05) is 0 Å². The van der Waals surface area contributed by atoms with Gasteiger partial charge in [0.25, 0.3) is 0 Å². The van der Waals surface area contributed by atoms with Gasteiger partial charge in [-0.2, -0.15) is 0 Å². The van der Waals surface area contributed by atoms with E-state index in [1.807, 2.05) is 0 Å². The van der Waals surface area contributed by atoms with Crippen LogP contribution in [0.15, 0.2) is 0 Å². The molecule has 0 aliphatic heterocycles. The average molecular weight is 288 g/mol. The maximum absolute atomic E-state index is 3.43. The molecule has 0 amide bonds. The van der Waals surface area contributed by atoms with Crippen LogP contribution < -0.4 is 0 Å². The van der Waals surface area contributed by atoms with Crippen molar-refractivity contribution in [2.45, 2.75) is 19.6 Å². The Hall–Kier alpha value is 1.50. The van der Waals surface area contributed by atoms with Crippen molar-refractivity contribution in [2.75, 3.05) is 4.95 Å². The van der Waals surface area contributed by atoms with E-state index in [0.29, 0.717) is 0 Å². The molecular weight excluding hydrogens is 275 g/mol. The van der Waals surface area contributed by atoms with Crippen LogP contribution in [0.4, 0.5) is 0 Å². The second kappa shape index (κ2) is 4.38. The minimum atomic E-state index is -0.715. The molecule has 0 fully saturated rings. The predicted molar refractivity (Wildman–Crippen MR) is 45.7 cm³/mol. The topological polar surface area (TPSA) is 0 Å². The van der Waals surface area contributed by atoms with Gasteiger partial charge >= 0.3 is 23.9 Å². The summed E-state index contributed by atoms with van der Waals surface area (Å²) < 4.78 is 0. The third-order valence-corrected chi connectivity index (χ3v) is 6.25. The van der Waals surface area contributed by atoms with Crippen LogP contribution in [0.3, 0.4) is 0 Å². The number of rotatable bonds is 1. The normalized spacial score (nSPS) is 10.3. The van der Waals surface area contributed by atoms with E-state index in [0.717, 1.165) is 0 Å². The molecule has 0 aliphatic carbocycles. The number of alkyl halides is 1. The van der Waals surface area contributed by atoms with Crippen molar-refractivity contribution in [3.8, 4) is 0 Å². The Morgan fingerprint density at radius 2 is 1.43 bits per heavy atom. The number of hydrogen-bond acceptors (Lipinski definition) is 0. The summed E-state index contributed by atoms with van der Waals surface area (Å²) in [6.45, 7) is 7.01. The van der Waals surface area contributed by atoms with Crippen molar-refractivity contribution >= 4 is 47.9 Å². The third-order valence-electron chi connectivity index (χ3n) is 0.401. The molecule has 0 unspecified atom stereocenters. The SMILES string of the molecule is C[Si](C)(C)CBr.[SnH2]. The Morgan fingerprint density at radius 3 is 1.43 bits per heavy atom. The van der Waals surface area contributed by atoms with Crippen molar-refractivity contribution in [3.05, 3.63) is 0 Å². The van der Waals surface area contributed by atoms with Crippen LogP contribution in [0.25, 0.3) is 0 Å². The zero-order valence-electron chi connectivity index (χ0n) is 5.29. The molecule has 0 atom stereocenters. The van der Waals surface area contributed by atoms with Gasteiger partial charge in [-0.3, -0.25) is 0 Å². The molecule has 7 heavy (non-hydrogen) atoms. The molecule has 0 nitrogen and oxygen atoms in total. The molecule has 3 heteroatoms. The van der Waals surface area contributed by atoms with Crippen LogP contribution in [-0.4, -0.2) is 36.9 Å². The van der Waals surface area contributed by atoms with E-state index in [1.54, 1.807) is 0 Å². The minimum absolute atomic E-state index is 0. The Balaban J connectivity index is 0. The Kier molecular flexibility index (Phi) is 7.08. The van der Waals surface area contributed by atoms with Gasteiger partial charge in [0.1, 0.15) is 0 Å². The molecule has 0 saturated carbocycles. The molecule has 0 saturated heterocycles. The molecule has 0 rings (SSSR count). The molecule has 0 aromatic heterocycles. The van der Waals surface area contributed by atoms with Gasteiger partial charge in [-0.05, 0) is 4.95 Å². The maximum atomic E-state index is 3.43. The molecule has 0 aromatic carbocycles. The summed E-state index contributed by atoms with van der Waals surface area (Å²) in [5, 5.41) is 0. The molecular formula is C4H13BrSiSn. The van der Waals surface area contributed by atoms with Crippen LogP contribution in [0.5, 0.6) is 0 Å². The van der Waals surface area contributed by atoms with E-state index in [2.05, 4.69) is 35.6 Å². The van der Waals surface area contributed by atoms with Crippen molar-refractivity contribution in [1.29, 1.82) is 0 Å². The van der Waals surface area contributed by atoms with E-state index in [9.17, 15) is 0 Å². The monoisotopic (exact) mass is 288 g/mol. The summed E-state index contributed by atoms with van der Waals surface area (Å²) >= 11 is 3.43. The quantitative estimate of drug-likeness (QED) is 0.504. The van der Waals surface area contributed by atoms with Crippen LogP contribution in [0.2, 0.25) is 19.6 Å². The second-order valence-corrected chi connectivity index (χ2v) is 9.77. The van der Waals surface area contributed by atoms with E-state index in [4.69, 9.17) is 0 Å². The van der Waals surface area contributed by atoms with Crippen LogP contribution in [-0.2, 0) is 0 Å². The summed E-state index contributed by atoms with van der Waals surface area (Å²) in [5.41, 5.74) is 0. The summed E-state index contributed by atoms with van der Waals surface area (Å²) in [4.78, 5) is 1.22. The van der Waals surface area contributed by atoms with Crippen molar-refractivity contribution in [1.82, 2.24) is 0 Å². The molecule has 0 aliphatic rings. The first-order valence-electron chi connectivity index (χ1n) is 2.12. The van der Waals surface area contributed by atoms with Gasteiger partial charge in [0.15, 0.2) is 0 Å². The van der Waals surface area contributed by atoms with E-state index in [1.165, 1.54) is 4.95 Å². The van der Waals surface area contributed by atoms with Gasteiger partial charge in [-0.1, -0.05) is 35.6 Å². The molecule has 0 aromatic rings. The van der Waals surface area contributed by atoms with Gasteiger partial charge in [0.2, 0.25) is 0 Å². The number of hydrogen-bond donors (Lipinski definition) is 0. The van der Waals surface area contributed by atoms with Crippen molar-refractivity contribution in [2.24, 2.45) is 0 Å². The molecule has 0 spiro atoms. The van der Waals surface area contributed by atoms with E-state index >= 15 is 0 Å². The van der Waals surface area contributed by atoms with Gasteiger partial charge in [-0.15, -0.1) is 0 Å². The zero-order chi connectivity index (χ0) is 5.21. The van der Waals surface area contributed by atoms with Crippen LogP contribution in [0.1, 0.15) is 0 Å². The summed E-state index contributed by atoms with van der Waals surface area (Å²) in [6, 6.07) is 0. The molecule has 2 radical (unpaired) electrons. The van der Waals surface area contributed by atoms with Gasteiger partial charge < -0.3 is 0 Å². The first-order valence-corrected chi connectivity index (χ1v) is 6.95. The molecule has 0 bridgehead atoms. The average Bonchev–Trinajstić information content (AvgIpc) is 1.35. The first kappa shape index (κ1) is 11.3. The van der Waals surface area contributed by atoms with Crippen LogP contribution >= 0.6 is 15.9 Å². The standard InChI is InChI=1S/C4H11BrSi.Sn.2H/c1-6(2,3)4-5;;;/h4H2,1-3H3;;;. The fraction of sp³-hybridized carbons (Fsp3) is 1.00. The van der Waals surface area contributed by atoms with Crippen LogP contribution in [0, 0.1) is 0 Å². The first-order chi connectivity index (χ1) is 2.56. The fourth-order valence-corrected chi connectivity index (χ4v) is 0. The van der Waals surface area contributed by atoms with E-state index < -0.39 is 8.07 Å². The fourth-order valence-electron chi connectivity index (χ4n) is 0. The summed E-state index contributed by atoms with van der Waals surface area (Å²) in [5.74, 6) is 0. The summed E-state index contributed by atoms with van der Waals surface area (Å²) in [7, 11) is -0.715. The Morgan fingerprint density at radius 1 is 1.29 bits per heavy atom. The van der Waals surface area contributed by atoms with Gasteiger partial charge in [0.05, 0.1) is 8.07 Å². The van der Waals surface area contributed by atoms with Crippen molar-refractivity contribution < 1.29 is 0 Å². The Labute approximate surface area is 72.2 Å². The number of halogens is 1. The summed E-state index contributed by atoms with van der Waals surface area (Å²) in [6.07, 6.45) is 0. The zero-order valence-corrected chi connectivity index (χ0v) is 11.9. The second-order valence-electron chi connectivity index (χ2n) is 2.69.